The molecule has 4 rings (SSSR count). The van der Waals surface area contributed by atoms with Gasteiger partial charge in [0, 0.05) is 31.5 Å². The molecule has 1 unspecified atom stereocenters. The molecule has 0 aliphatic heterocycles. The molecule has 0 aliphatic carbocycles. The fraction of sp³-hybridized carbons (Fsp3) is 0.240. The second-order valence-electron chi connectivity index (χ2n) is 7.15. The Kier molecular flexibility index (Phi) is 6.47. The number of ether oxygens (including phenoxy) is 4. The van der Waals surface area contributed by atoms with Crippen LogP contribution < -0.4 is 14.2 Å². The van der Waals surface area contributed by atoms with Gasteiger partial charge in [-0.15, -0.1) is 0 Å². The van der Waals surface area contributed by atoms with Gasteiger partial charge in [-0.1, -0.05) is 12.1 Å². The maximum absolute atomic E-state index is 6.13. The van der Waals surface area contributed by atoms with E-state index in [2.05, 4.69) is 5.10 Å². The minimum atomic E-state index is -0.138. The summed E-state index contributed by atoms with van der Waals surface area (Å²) in [5.74, 6) is 3.22. The van der Waals surface area contributed by atoms with E-state index in [4.69, 9.17) is 23.4 Å². The van der Waals surface area contributed by atoms with Crippen molar-refractivity contribution >= 4 is 0 Å². The van der Waals surface area contributed by atoms with Gasteiger partial charge in [-0.25, -0.2) is 4.68 Å². The van der Waals surface area contributed by atoms with Gasteiger partial charge in [0.1, 0.15) is 11.5 Å². The highest BCUT2D eigenvalue weighted by atomic mass is 16.5. The van der Waals surface area contributed by atoms with Crippen molar-refractivity contribution in [2.45, 2.75) is 12.5 Å². The van der Waals surface area contributed by atoms with E-state index in [0.29, 0.717) is 29.4 Å². The fourth-order valence-corrected chi connectivity index (χ4v) is 3.65. The zero-order chi connectivity index (χ0) is 22.5. The van der Waals surface area contributed by atoms with Gasteiger partial charge < -0.3 is 23.4 Å². The Balaban J connectivity index is 1.54. The molecule has 32 heavy (non-hydrogen) atoms. The Morgan fingerprint density at radius 1 is 0.906 bits per heavy atom. The minimum Gasteiger partial charge on any atom is -0.493 e. The van der Waals surface area contributed by atoms with Gasteiger partial charge in [0.25, 0.3) is 0 Å². The first kappa shape index (κ1) is 21.5. The number of furan rings is 1. The number of benzene rings is 2. The zero-order valence-electron chi connectivity index (χ0n) is 18.6. The van der Waals surface area contributed by atoms with Crippen molar-refractivity contribution in [1.29, 1.82) is 0 Å². The Morgan fingerprint density at radius 3 is 2.19 bits per heavy atom. The number of hydrogen-bond donors (Lipinski definition) is 0. The highest BCUT2D eigenvalue weighted by molar-refractivity contribution is 5.68. The van der Waals surface area contributed by atoms with Crippen molar-refractivity contribution in [2.24, 2.45) is 0 Å². The van der Waals surface area contributed by atoms with Crippen LogP contribution in [0.3, 0.4) is 0 Å². The van der Waals surface area contributed by atoms with Crippen LogP contribution in [0.4, 0.5) is 0 Å². The van der Waals surface area contributed by atoms with E-state index in [-0.39, 0.29) is 6.10 Å². The van der Waals surface area contributed by atoms with Gasteiger partial charge in [-0.2, -0.15) is 5.10 Å². The fourth-order valence-electron chi connectivity index (χ4n) is 3.65. The van der Waals surface area contributed by atoms with E-state index in [1.165, 1.54) is 0 Å². The second-order valence-corrected chi connectivity index (χ2v) is 7.15. The molecule has 0 N–H and O–H groups in total. The number of hydrogen-bond acceptors (Lipinski definition) is 6. The summed E-state index contributed by atoms with van der Waals surface area (Å²) >= 11 is 0. The van der Waals surface area contributed by atoms with E-state index in [0.717, 1.165) is 22.6 Å². The predicted molar refractivity (Wildman–Crippen MR) is 121 cm³/mol. The lowest BCUT2D eigenvalue weighted by atomic mass is 10.0. The van der Waals surface area contributed by atoms with Crippen LogP contribution in [0.1, 0.15) is 17.4 Å². The van der Waals surface area contributed by atoms with Crippen molar-refractivity contribution in [1.82, 2.24) is 9.78 Å². The van der Waals surface area contributed by atoms with Crippen molar-refractivity contribution in [2.75, 3.05) is 28.4 Å². The molecule has 0 spiro atoms. The van der Waals surface area contributed by atoms with Crippen LogP contribution >= 0.6 is 0 Å². The predicted octanol–water partition coefficient (Wildman–Crippen LogP) is 5.09. The number of aromatic nitrogens is 2. The molecule has 0 amide bonds. The van der Waals surface area contributed by atoms with Gasteiger partial charge in [0.15, 0.2) is 11.5 Å². The van der Waals surface area contributed by atoms with Gasteiger partial charge in [0.05, 0.1) is 33.1 Å². The van der Waals surface area contributed by atoms with Crippen LogP contribution in [0.25, 0.3) is 17.0 Å². The van der Waals surface area contributed by atoms with E-state index < -0.39 is 0 Å². The first-order chi connectivity index (χ1) is 15.7. The molecular weight excluding hydrogens is 408 g/mol. The molecule has 0 bridgehead atoms. The lowest BCUT2D eigenvalue weighted by molar-refractivity contribution is 0.0988. The van der Waals surface area contributed by atoms with Crippen LogP contribution in [-0.4, -0.2) is 38.2 Å². The summed E-state index contributed by atoms with van der Waals surface area (Å²) in [6.45, 7) is 0. The summed E-state index contributed by atoms with van der Waals surface area (Å²) in [5.41, 5.74) is 2.90. The maximum atomic E-state index is 6.13. The topological polar surface area (TPSA) is 67.9 Å². The largest absolute Gasteiger partial charge is 0.493 e. The summed E-state index contributed by atoms with van der Waals surface area (Å²) in [7, 11) is 6.47. The number of nitrogens with zero attached hydrogens (tertiary/aromatic N) is 2. The standard InChI is InChI=1S/C25H26N2O5/c1-28-22(17-6-8-19(9-7-17)27-13-5-12-26-27)16-20-10-11-21(32-20)18-14-23(29-2)25(31-4)24(15-18)30-3/h5-15,22H,16H2,1-4H3. The van der Waals surface area contributed by atoms with Crippen LogP contribution in [0.15, 0.2) is 71.4 Å². The number of rotatable bonds is 9. The lowest BCUT2D eigenvalue weighted by Crippen LogP contribution is -2.05. The van der Waals surface area contributed by atoms with Crippen molar-refractivity contribution in [3.8, 4) is 34.3 Å². The molecule has 0 fully saturated rings. The molecule has 0 aliphatic rings. The summed E-state index contributed by atoms with van der Waals surface area (Å²) in [4.78, 5) is 0. The normalized spacial score (nSPS) is 11.9. The average Bonchev–Trinajstić information content (AvgIpc) is 3.54. The smallest absolute Gasteiger partial charge is 0.203 e. The van der Waals surface area contributed by atoms with Gasteiger partial charge in [0.2, 0.25) is 5.75 Å². The second kappa shape index (κ2) is 9.62. The third-order valence-corrected chi connectivity index (χ3v) is 5.32. The molecule has 0 saturated carbocycles. The SMILES string of the molecule is COc1cc(-c2ccc(CC(OC)c3ccc(-n4cccn4)cc3)o2)cc(OC)c1OC. The highest BCUT2D eigenvalue weighted by Gasteiger charge is 2.18. The Labute approximate surface area is 187 Å². The van der Waals surface area contributed by atoms with Gasteiger partial charge in [-0.05, 0) is 48.0 Å². The van der Waals surface area contributed by atoms with Gasteiger partial charge in [-0.3, -0.25) is 0 Å². The minimum absolute atomic E-state index is 0.138. The average molecular weight is 434 g/mol. The van der Waals surface area contributed by atoms with Crippen LogP contribution in [0, 0.1) is 0 Å². The quantitative estimate of drug-likeness (QED) is 0.366. The van der Waals surface area contributed by atoms with Gasteiger partial charge >= 0.3 is 0 Å². The molecule has 2 heterocycles. The molecule has 0 radical (unpaired) electrons. The molecule has 1 atom stereocenters. The van der Waals surface area contributed by atoms with E-state index in [9.17, 15) is 0 Å². The summed E-state index contributed by atoms with van der Waals surface area (Å²) in [6.07, 6.45) is 4.13. The maximum Gasteiger partial charge on any atom is 0.203 e. The Hall–Kier alpha value is -3.71. The molecule has 166 valence electrons. The van der Waals surface area contributed by atoms with Crippen LogP contribution in [-0.2, 0) is 11.2 Å². The van der Waals surface area contributed by atoms with Crippen molar-refractivity contribution in [3.63, 3.8) is 0 Å². The monoisotopic (exact) mass is 434 g/mol. The summed E-state index contributed by atoms with van der Waals surface area (Å²) < 4.78 is 30.0. The van der Waals surface area contributed by atoms with Crippen molar-refractivity contribution < 1.29 is 23.4 Å². The van der Waals surface area contributed by atoms with E-state index in [1.54, 1.807) is 34.6 Å². The molecular formula is C25H26N2O5. The first-order valence-electron chi connectivity index (χ1n) is 10.2. The third kappa shape index (κ3) is 4.33. The molecule has 7 nitrogen and oxygen atoms in total. The molecule has 4 aromatic rings. The van der Waals surface area contributed by atoms with Crippen molar-refractivity contribution in [3.05, 3.63) is 78.3 Å². The first-order valence-corrected chi connectivity index (χ1v) is 10.2. The Bertz CT molecular complexity index is 1120. The van der Waals surface area contributed by atoms with Crippen LogP contribution in [0.2, 0.25) is 0 Å². The number of methoxy groups -OCH3 is 4. The Morgan fingerprint density at radius 2 is 1.62 bits per heavy atom. The lowest BCUT2D eigenvalue weighted by Gasteiger charge is -2.15. The van der Waals surface area contributed by atoms with E-state index >= 15 is 0 Å². The molecule has 7 heteroatoms. The third-order valence-electron chi connectivity index (χ3n) is 5.32. The zero-order valence-corrected chi connectivity index (χ0v) is 18.6. The summed E-state index contributed by atoms with van der Waals surface area (Å²) in [6, 6.07) is 17.7. The van der Waals surface area contributed by atoms with Crippen LogP contribution in [0.5, 0.6) is 17.2 Å². The summed E-state index contributed by atoms with van der Waals surface area (Å²) in [5, 5.41) is 4.26. The molecule has 0 saturated heterocycles. The van der Waals surface area contributed by atoms with E-state index in [1.807, 2.05) is 65.5 Å². The molecule has 2 aromatic carbocycles. The molecule has 2 aromatic heterocycles. The highest BCUT2D eigenvalue weighted by Crippen LogP contribution is 2.41.